The smallest absolute Gasteiger partial charge is 0.113 e. The zero-order chi connectivity index (χ0) is 20.2. The van der Waals surface area contributed by atoms with Crippen molar-refractivity contribution in [2.24, 2.45) is 16.7 Å². The van der Waals surface area contributed by atoms with Crippen molar-refractivity contribution in [3.8, 4) is 6.07 Å². The molecular formula is C24H30N6. The van der Waals surface area contributed by atoms with Gasteiger partial charge in [0.25, 0.3) is 0 Å². The average Bonchev–Trinajstić information content (AvgIpc) is 3.34. The van der Waals surface area contributed by atoms with E-state index in [0.717, 1.165) is 35.7 Å². The lowest BCUT2D eigenvalue weighted by Gasteiger charge is -2.34. The summed E-state index contributed by atoms with van der Waals surface area (Å²) in [5.41, 5.74) is 4.40. The van der Waals surface area contributed by atoms with Crippen LogP contribution in [0.25, 0.3) is 11.0 Å². The molecule has 6 rings (SSSR count). The Balaban J connectivity index is 1.22. The van der Waals surface area contributed by atoms with Gasteiger partial charge in [0, 0.05) is 45.1 Å². The van der Waals surface area contributed by atoms with Gasteiger partial charge in [-0.15, -0.1) is 0 Å². The van der Waals surface area contributed by atoms with Gasteiger partial charge in [0.2, 0.25) is 0 Å². The predicted molar refractivity (Wildman–Crippen MR) is 117 cm³/mol. The molecular weight excluding hydrogens is 372 g/mol. The minimum absolute atomic E-state index is 0.489. The Morgan fingerprint density at radius 2 is 1.97 bits per heavy atom. The van der Waals surface area contributed by atoms with Gasteiger partial charge in [-0.2, -0.15) is 5.26 Å². The van der Waals surface area contributed by atoms with E-state index in [1.807, 2.05) is 6.07 Å². The quantitative estimate of drug-likeness (QED) is 0.852. The third kappa shape index (κ3) is 2.99. The second-order valence-corrected chi connectivity index (χ2v) is 10.2. The number of piperidine rings is 1. The summed E-state index contributed by atoms with van der Waals surface area (Å²) >= 11 is 0. The third-order valence-corrected chi connectivity index (χ3v) is 8.33. The van der Waals surface area contributed by atoms with Crippen LogP contribution in [-0.4, -0.2) is 60.7 Å². The molecule has 6 nitrogen and oxygen atoms in total. The van der Waals surface area contributed by atoms with Crippen molar-refractivity contribution >= 4 is 16.7 Å². The number of aromatic nitrogens is 2. The van der Waals surface area contributed by atoms with E-state index in [-0.39, 0.29) is 0 Å². The molecule has 2 atom stereocenters. The first-order valence-electron chi connectivity index (χ1n) is 11.5. The summed E-state index contributed by atoms with van der Waals surface area (Å²) in [5.74, 6) is 0.728. The van der Waals surface area contributed by atoms with E-state index in [0.29, 0.717) is 16.4 Å². The van der Waals surface area contributed by atoms with E-state index >= 15 is 0 Å². The topological polar surface area (TPSA) is 68.1 Å². The van der Waals surface area contributed by atoms with Crippen molar-refractivity contribution in [1.29, 1.82) is 5.26 Å². The number of benzene rings is 1. The molecule has 4 aliphatic rings. The molecule has 4 fully saturated rings. The number of nitriles is 1. The van der Waals surface area contributed by atoms with Crippen LogP contribution in [0.5, 0.6) is 0 Å². The highest BCUT2D eigenvalue weighted by Crippen LogP contribution is 2.57. The van der Waals surface area contributed by atoms with Crippen molar-refractivity contribution < 1.29 is 0 Å². The summed E-state index contributed by atoms with van der Waals surface area (Å²) in [5, 5.41) is 13.1. The monoisotopic (exact) mass is 402 g/mol. The second-order valence-electron chi connectivity index (χ2n) is 10.2. The molecule has 2 unspecified atom stereocenters. The van der Waals surface area contributed by atoms with Gasteiger partial charge in [0.1, 0.15) is 17.1 Å². The highest BCUT2D eigenvalue weighted by Gasteiger charge is 2.56. The van der Waals surface area contributed by atoms with E-state index in [4.69, 9.17) is 0 Å². The third-order valence-electron chi connectivity index (χ3n) is 8.33. The molecule has 4 heterocycles. The number of fused-ring (bicyclic) bond motifs is 1. The Morgan fingerprint density at radius 3 is 2.73 bits per heavy atom. The Hall–Kier alpha value is -2.23. The van der Waals surface area contributed by atoms with Crippen molar-refractivity contribution in [3.63, 3.8) is 0 Å². The van der Waals surface area contributed by atoms with Gasteiger partial charge in [-0.1, -0.05) is 0 Å². The highest BCUT2D eigenvalue weighted by atomic mass is 15.2. The fourth-order valence-electron chi connectivity index (χ4n) is 6.46. The van der Waals surface area contributed by atoms with Crippen molar-refractivity contribution in [3.05, 3.63) is 30.1 Å². The molecule has 1 aromatic heterocycles. The zero-order valence-electron chi connectivity index (χ0n) is 17.6. The molecule has 3 aliphatic heterocycles. The number of nitrogens with zero attached hydrogens (tertiary/aromatic N) is 5. The minimum atomic E-state index is 0.489. The van der Waals surface area contributed by atoms with Crippen LogP contribution in [0.3, 0.4) is 0 Å². The molecule has 0 bridgehead atoms. The fraction of sp³-hybridized carbons (Fsp3) is 0.625. The van der Waals surface area contributed by atoms with Crippen molar-refractivity contribution in [2.75, 3.05) is 50.7 Å². The summed E-state index contributed by atoms with van der Waals surface area (Å²) in [6.45, 7) is 8.40. The van der Waals surface area contributed by atoms with E-state index in [9.17, 15) is 5.26 Å². The summed E-state index contributed by atoms with van der Waals surface area (Å²) in [4.78, 5) is 14.4. The van der Waals surface area contributed by atoms with Crippen LogP contribution < -0.4 is 10.2 Å². The molecule has 1 aliphatic carbocycles. The number of anilines is 1. The van der Waals surface area contributed by atoms with Gasteiger partial charge < -0.3 is 15.1 Å². The summed E-state index contributed by atoms with van der Waals surface area (Å²) in [7, 11) is 0. The van der Waals surface area contributed by atoms with E-state index in [1.165, 1.54) is 64.8 Å². The summed E-state index contributed by atoms with van der Waals surface area (Å²) < 4.78 is 0. The van der Waals surface area contributed by atoms with Gasteiger partial charge in [-0.25, -0.2) is 0 Å². The highest BCUT2D eigenvalue weighted by molar-refractivity contribution is 5.92. The van der Waals surface area contributed by atoms with Crippen LogP contribution in [-0.2, 0) is 0 Å². The van der Waals surface area contributed by atoms with E-state index in [2.05, 4.69) is 37.2 Å². The van der Waals surface area contributed by atoms with E-state index < -0.39 is 0 Å². The van der Waals surface area contributed by atoms with Gasteiger partial charge in [0.05, 0.1) is 11.3 Å². The number of hydrogen-bond donors (Lipinski definition) is 1. The largest absolute Gasteiger partial charge is 0.369 e. The fourth-order valence-corrected chi connectivity index (χ4v) is 6.46. The van der Waals surface area contributed by atoms with Gasteiger partial charge in [-0.05, 0) is 74.1 Å². The SMILES string of the molecule is N#Cc1ccc(N2CC(CN3CCC4(CCCNC4)C3)C3(CC3)C2)c2nccnc12. The van der Waals surface area contributed by atoms with Crippen molar-refractivity contribution in [2.45, 2.75) is 32.1 Å². The lowest BCUT2D eigenvalue weighted by Crippen LogP contribution is -2.42. The molecule has 0 radical (unpaired) electrons. The van der Waals surface area contributed by atoms with Crippen LogP contribution >= 0.6 is 0 Å². The molecule has 2 aromatic rings. The maximum atomic E-state index is 9.45. The molecule has 1 saturated carbocycles. The second kappa shape index (κ2) is 6.90. The summed E-state index contributed by atoms with van der Waals surface area (Å²) in [6.07, 6.45) is 10.2. The van der Waals surface area contributed by atoms with Crippen LogP contribution in [0.2, 0.25) is 0 Å². The maximum absolute atomic E-state index is 9.45. The average molecular weight is 403 g/mol. The van der Waals surface area contributed by atoms with E-state index in [1.54, 1.807) is 12.4 Å². The van der Waals surface area contributed by atoms with Gasteiger partial charge in [-0.3, -0.25) is 9.97 Å². The molecule has 6 heteroatoms. The molecule has 30 heavy (non-hydrogen) atoms. The minimum Gasteiger partial charge on any atom is -0.369 e. The maximum Gasteiger partial charge on any atom is 0.113 e. The Labute approximate surface area is 178 Å². The predicted octanol–water partition coefficient (Wildman–Crippen LogP) is 2.79. The summed E-state index contributed by atoms with van der Waals surface area (Å²) in [6, 6.07) is 6.27. The van der Waals surface area contributed by atoms with Crippen LogP contribution in [0, 0.1) is 28.1 Å². The normalized spacial score (nSPS) is 30.4. The van der Waals surface area contributed by atoms with Crippen molar-refractivity contribution in [1.82, 2.24) is 20.2 Å². The lowest BCUT2D eigenvalue weighted by molar-refractivity contribution is 0.181. The van der Waals surface area contributed by atoms with Crippen LogP contribution in [0.15, 0.2) is 24.5 Å². The lowest BCUT2D eigenvalue weighted by atomic mass is 9.80. The first kappa shape index (κ1) is 18.5. The molecule has 1 aromatic carbocycles. The number of likely N-dealkylation sites (tertiary alicyclic amines) is 1. The molecule has 1 N–H and O–H groups in total. The Kier molecular flexibility index (Phi) is 4.26. The molecule has 156 valence electrons. The van der Waals surface area contributed by atoms with Gasteiger partial charge >= 0.3 is 0 Å². The molecule has 0 amide bonds. The number of rotatable bonds is 3. The number of nitrogens with one attached hydrogen (secondary N) is 1. The first-order chi connectivity index (χ1) is 14.7. The first-order valence-corrected chi connectivity index (χ1v) is 11.5. The molecule has 2 spiro atoms. The van der Waals surface area contributed by atoms with Gasteiger partial charge in [0.15, 0.2) is 0 Å². The van der Waals surface area contributed by atoms with Crippen LogP contribution in [0.1, 0.15) is 37.7 Å². The molecule has 3 saturated heterocycles. The Morgan fingerprint density at radius 1 is 1.10 bits per heavy atom. The van der Waals surface area contributed by atoms with Crippen LogP contribution in [0.4, 0.5) is 5.69 Å². The Bertz CT molecular complexity index is 1000. The zero-order valence-corrected chi connectivity index (χ0v) is 17.6. The standard InChI is InChI=1S/C24H30N6/c25-12-18-2-3-20(22-21(18)27-9-10-28-22)30-14-19(24(17-30)5-6-24)13-29-11-7-23(16-29)4-1-8-26-15-23/h2-3,9-10,19,26H,1,4-8,11,13-17H2. The number of hydrogen-bond acceptors (Lipinski definition) is 6.